The average molecular weight is 1180 g/mol. The van der Waals surface area contributed by atoms with Crippen LogP contribution in [-0.2, 0) is 81.8 Å². The van der Waals surface area contributed by atoms with E-state index in [4.69, 9.17) is 36.6 Å². The molecule has 0 aromatic heterocycles. The van der Waals surface area contributed by atoms with E-state index in [1.54, 1.807) is 0 Å². The molecule has 4 aromatic rings. The number of hydrogen-bond donors (Lipinski definition) is 0. The summed E-state index contributed by atoms with van der Waals surface area (Å²) in [7, 11) is -8.88. The lowest BCUT2D eigenvalue weighted by atomic mass is 10.0. The molecule has 0 fully saturated rings. The van der Waals surface area contributed by atoms with Gasteiger partial charge in [0, 0.05) is 12.8 Å². The number of ether oxygens (including phenoxy) is 2. The fraction of sp³-hybridized carbons (Fsp3) is 0.618. The van der Waals surface area contributed by atoms with Crippen molar-refractivity contribution in [3.63, 3.8) is 0 Å². The highest BCUT2D eigenvalue weighted by atomic mass is 31.2. The van der Waals surface area contributed by atoms with Gasteiger partial charge in [-0.05, 0) is 35.1 Å². The molecular weight excluding hydrogens is 1070 g/mol. The van der Waals surface area contributed by atoms with Crippen LogP contribution < -0.4 is 0 Å². The van der Waals surface area contributed by atoms with E-state index in [1.165, 1.54) is 141 Å². The third kappa shape index (κ3) is 35.4. The van der Waals surface area contributed by atoms with Gasteiger partial charge in [0.15, 0.2) is 12.2 Å². The van der Waals surface area contributed by atoms with E-state index in [0.717, 1.165) is 60.8 Å². The average Bonchev–Trinajstić information content (AvgIpc) is 3.51. The zero-order valence-corrected chi connectivity index (χ0v) is 52.2. The number of phosphoric ester groups is 2. The van der Waals surface area contributed by atoms with Gasteiger partial charge in [-0.25, -0.2) is 9.13 Å². The highest BCUT2D eigenvalue weighted by Crippen LogP contribution is 2.53. The molecule has 0 saturated carbocycles. The van der Waals surface area contributed by atoms with Crippen molar-refractivity contribution in [2.75, 3.05) is 13.2 Å². The van der Waals surface area contributed by atoms with Crippen molar-refractivity contribution in [1.82, 2.24) is 0 Å². The molecule has 0 spiro atoms. The van der Waals surface area contributed by atoms with Crippen LogP contribution in [-0.4, -0.2) is 37.4 Å². The minimum Gasteiger partial charge on any atom is -0.456 e. The number of rotatable bonds is 53. The van der Waals surface area contributed by atoms with Crippen molar-refractivity contribution in [2.45, 2.75) is 258 Å². The van der Waals surface area contributed by atoms with Gasteiger partial charge >= 0.3 is 27.6 Å². The molecule has 82 heavy (non-hydrogen) atoms. The first-order valence-electron chi connectivity index (χ1n) is 31.8. The molecule has 2 atom stereocenters. The number of phosphoric acid groups is 2. The molecule has 0 saturated heterocycles. The molecule has 12 nitrogen and oxygen atoms in total. The maximum atomic E-state index is 14.7. The molecule has 4 rings (SSSR count). The summed E-state index contributed by atoms with van der Waals surface area (Å²) >= 11 is 0. The van der Waals surface area contributed by atoms with Gasteiger partial charge < -0.3 is 9.47 Å². The van der Waals surface area contributed by atoms with Gasteiger partial charge in [-0.2, -0.15) is 0 Å². The summed E-state index contributed by atoms with van der Waals surface area (Å²) in [5.41, 5.74) is 2.90. The molecule has 0 unspecified atom stereocenters. The van der Waals surface area contributed by atoms with E-state index in [2.05, 4.69) is 13.8 Å². The van der Waals surface area contributed by atoms with Gasteiger partial charge in [-0.3, -0.25) is 36.7 Å². The highest BCUT2D eigenvalue weighted by molar-refractivity contribution is 7.48. The SMILES string of the molecule is CCCCCCCCCCCCCCCCCC(=O)O[C@H](COP(=O)(OCc1ccccc1)OCc1ccccc1)[C@@H](COP(=O)(OCc1ccccc1)OCc1ccccc1)OC(=O)CCCCCCCCCCCCCCCCC. The normalized spacial score (nSPS) is 12.6. The fourth-order valence-corrected chi connectivity index (χ4v) is 12.0. The third-order valence-electron chi connectivity index (χ3n) is 14.7. The van der Waals surface area contributed by atoms with Crippen molar-refractivity contribution in [3.05, 3.63) is 144 Å². The number of carbonyl (C=O) groups excluding carboxylic acids is 2. The molecule has 0 heterocycles. The maximum absolute atomic E-state index is 14.7. The lowest BCUT2D eigenvalue weighted by Crippen LogP contribution is -2.41. The molecular formula is C68H104O12P2. The molecule has 0 aliphatic carbocycles. The Morgan fingerprint density at radius 3 is 0.732 bits per heavy atom. The number of hydrogen-bond acceptors (Lipinski definition) is 12. The number of benzene rings is 4. The van der Waals surface area contributed by atoms with Crippen LogP contribution in [0.25, 0.3) is 0 Å². The monoisotopic (exact) mass is 1170 g/mol. The van der Waals surface area contributed by atoms with Gasteiger partial charge in [0.05, 0.1) is 39.6 Å². The van der Waals surface area contributed by atoms with Crippen molar-refractivity contribution in [3.8, 4) is 0 Å². The molecule has 0 bridgehead atoms. The number of esters is 2. The van der Waals surface area contributed by atoms with Crippen molar-refractivity contribution < 1.29 is 55.3 Å². The van der Waals surface area contributed by atoms with Crippen LogP contribution in [0.1, 0.15) is 242 Å². The first kappa shape index (κ1) is 70.5. The number of carbonyl (C=O) groups is 2. The lowest BCUT2D eigenvalue weighted by Gasteiger charge is -2.29. The molecule has 0 amide bonds. The minimum atomic E-state index is -4.44. The van der Waals surface area contributed by atoms with Crippen LogP contribution in [0.3, 0.4) is 0 Å². The van der Waals surface area contributed by atoms with Crippen LogP contribution in [0, 0.1) is 0 Å². The van der Waals surface area contributed by atoms with Gasteiger partial charge in [0.1, 0.15) is 0 Å². The van der Waals surface area contributed by atoms with Crippen LogP contribution in [0.5, 0.6) is 0 Å². The van der Waals surface area contributed by atoms with Crippen molar-refractivity contribution in [2.24, 2.45) is 0 Å². The van der Waals surface area contributed by atoms with Crippen molar-refractivity contribution >= 4 is 27.6 Å². The minimum absolute atomic E-state index is 0.0843. The van der Waals surface area contributed by atoms with Gasteiger partial charge in [-0.15, -0.1) is 0 Å². The van der Waals surface area contributed by atoms with Crippen LogP contribution in [0.2, 0.25) is 0 Å². The van der Waals surface area contributed by atoms with Gasteiger partial charge in [0.2, 0.25) is 0 Å². The second kappa shape index (κ2) is 46.3. The smallest absolute Gasteiger partial charge is 0.456 e. The van der Waals surface area contributed by atoms with E-state index in [0.29, 0.717) is 12.8 Å². The fourth-order valence-electron chi connectivity index (χ4n) is 9.64. The predicted molar refractivity (Wildman–Crippen MR) is 331 cm³/mol. The summed E-state index contributed by atoms with van der Waals surface area (Å²) in [6, 6.07) is 36.8. The number of unbranched alkanes of at least 4 members (excludes halogenated alkanes) is 28. The topological polar surface area (TPSA) is 142 Å². The molecule has 0 N–H and O–H groups in total. The third-order valence-corrected chi connectivity index (χ3v) is 17.4. The summed E-state index contributed by atoms with van der Waals surface area (Å²) in [6.07, 6.45) is 32.9. The first-order chi connectivity index (χ1) is 40.2. The van der Waals surface area contributed by atoms with Crippen LogP contribution in [0.15, 0.2) is 121 Å². The Hall–Kier alpha value is -3.96. The maximum Gasteiger partial charge on any atom is 0.475 e. The zero-order chi connectivity index (χ0) is 58.3. The molecule has 4 aromatic carbocycles. The molecule has 458 valence electrons. The first-order valence-corrected chi connectivity index (χ1v) is 34.7. The quantitative estimate of drug-likeness (QED) is 0.0236. The predicted octanol–water partition coefficient (Wildman–Crippen LogP) is 20.4. The Bertz CT molecular complexity index is 2000. The summed E-state index contributed by atoms with van der Waals surface area (Å²) < 4.78 is 77.9. The van der Waals surface area contributed by atoms with E-state index < -0.39 is 53.0 Å². The summed E-state index contributed by atoms with van der Waals surface area (Å²) in [4.78, 5) is 28.0. The summed E-state index contributed by atoms with van der Waals surface area (Å²) in [5.74, 6) is -1.14. The van der Waals surface area contributed by atoms with E-state index in [9.17, 15) is 18.7 Å². The largest absolute Gasteiger partial charge is 0.475 e. The standard InChI is InChI=1S/C68H104O12P2/c1-3-5-7-9-11-13-15-17-19-21-23-25-27-29-43-53-67(69)79-65(59-77-81(71,73-55-61-45-35-31-36-46-61)74-56-62-47-37-32-38-48-62)66(80-68(70)54-44-30-28-26-24-22-20-18-16-14-12-10-8-6-4-2)60-78-82(72,75-57-63-49-39-33-40-50-63)76-58-64-51-41-34-42-52-64/h31-42,45-52,65-66H,3-30,43-44,53-60H2,1-2H3/t65-,66-/m1/s1. The Morgan fingerprint density at radius 1 is 0.305 bits per heavy atom. The second-order valence-electron chi connectivity index (χ2n) is 22.0. The Labute approximate surface area is 495 Å². The lowest BCUT2D eigenvalue weighted by molar-refractivity contribution is -0.174. The molecule has 0 aliphatic heterocycles. The zero-order valence-electron chi connectivity index (χ0n) is 50.4. The summed E-state index contributed by atoms with van der Waals surface area (Å²) in [5, 5.41) is 0. The van der Waals surface area contributed by atoms with E-state index in [-0.39, 0.29) is 39.3 Å². The Morgan fingerprint density at radius 2 is 0.512 bits per heavy atom. The Kier molecular flexibility index (Phi) is 39.9. The van der Waals surface area contributed by atoms with Gasteiger partial charge in [-0.1, -0.05) is 315 Å². The summed E-state index contributed by atoms with van der Waals surface area (Å²) in [6.45, 7) is 2.88. The molecule has 14 heteroatoms. The molecule has 0 aliphatic rings. The van der Waals surface area contributed by atoms with Crippen LogP contribution in [0.4, 0.5) is 0 Å². The highest BCUT2D eigenvalue weighted by Gasteiger charge is 2.38. The van der Waals surface area contributed by atoms with E-state index in [1.807, 2.05) is 121 Å². The van der Waals surface area contributed by atoms with Crippen molar-refractivity contribution in [1.29, 1.82) is 0 Å². The molecule has 0 radical (unpaired) electrons. The Balaban J connectivity index is 1.48. The van der Waals surface area contributed by atoms with Gasteiger partial charge in [0.25, 0.3) is 0 Å². The van der Waals surface area contributed by atoms with E-state index >= 15 is 0 Å². The van der Waals surface area contributed by atoms with Crippen LogP contribution >= 0.6 is 15.6 Å². The second-order valence-corrected chi connectivity index (χ2v) is 25.3.